The highest BCUT2D eigenvalue weighted by Crippen LogP contribution is 2.48. The molecule has 2 atom stereocenters. The van der Waals surface area contributed by atoms with E-state index in [0.717, 1.165) is 4.91 Å². The Bertz CT molecular complexity index is 365. The first kappa shape index (κ1) is 10.5. The molecule has 1 saturated heterocycles. The number of aliphatic carboxylic acids is 1. The second-order valence-corrected chi connectivity index (χ2v) is 4.51. The smallest absolute Gasteiger partial charge is 0.353 e. The number of hydrogen-bond acceptors (Lipinski definition) is 4. The van der Waals surface area contributed by atoms with E-state index in [1.54, 1.807) is 0 Å². The van der Waals surface area contributed by atoms with Gasteiger partial charge >= 0.3 is 5.97 Å². The van der Waals surface area contributed by atoms with Gasteiger partial charge in [0.25, 0.3) is 5.91 Å². The molecule has 6 heteroatoms. The fourth-order valence-electron chi connectivity index (χ4n) is 1.82. The van der Waals surface area contributed by atoms with Crippen LogP contribution in [0.25, 0.3) is 0 Å². The first-order chi connectivity index (χ1) is 7.11. The lowest BCUT2D eigenvalue weighted by molar-refractivity contribution is -0.161. The number of nitrogens with zero attached hydrogens (tertiary/aromatic N) is 1. The highest BCUT2D eigenvalue weighted by molar-refractivity contribution is 8.04. The Balaban J connectivity index is 2.29. The van der Waals surface area contributed by atoms with Crippen molar-refractivity contribution in [1.82, 2.24) is 4.90 Å². The standard InChI is InChI=1S/C9H11NO4S/c1-3-4-5(9(12)13)10-7(11)6(14-2)8(10)15-4/h6,8H,3H2,1-2H3,(H,12,13)/t6-,8-/m0/s1. The van der Waals surface area contributed by atoms with E-state index in [1.807, 2.05) is 6.92 Å². The molecule has 0 spiro atoms. The quantitative estimate of drug-likeness (QED) is 0.719. The lowest BCUT2D eigenvalue weighted by Crippen LogP contribution is -2.61. The average Bonchev–Trinajstić information content (AvgIpc) is 2.53. The number of amides is 1. The Labute approximate surface area is 91.1 Å². The molecule has 5 nitrogen and oxygen atoms in total. The molecule has 2 heterocycles. The van der Waals surface area contributed by atoms with E-state index < -0.39 is 12.1 Å². The van der Waals surface area contributed by atoms with Crippen LogP contribution < -0.4 is 0 Å². The predicted molar refractivity (Wildman–Crippen MR) is 54.0 cm³/mol. The maximum Gasteiger partial charge on any atom is 0.353 e. The molecule has 2 aliphatic heterocycles. The van der Waals surface area contributed by atoms with E-state index in [0.29, 0.717) is 6.42 Å². The number of hydrogen-bond donors (Lipinski definition) is 1. The van der Waals surface area contributed by atoms with E-state index in [4.69, 9.17) is 9.84 Å². The molecule has 2 rings (SSSR count). The number of β-lactam (4-membered cyclic amide) rings is 1. The van der Waals surface area contributed by atoms with Gasteiger partial charge in [0.2, 0.25) is 0 Å². The first-order valence-electron chi connectivity index (χ1n) is 4.60. The lowest BCUT2D eigenvalue weighted by atomic mass is 10.1. The van der Waals surface area contributed by atoms with Crippen LogP contribution in [0, 0.1) is 0 Å². The molecule has 1 amide bonds. The number of carboxylic acid groups (broad SMARTS) is 1. The highest BCUT2D eigenvalue weighted by Gasteiger charge is 2.56. The molecule has 0 aromatic rings. The molecule has 0 aliphatic carbocycles. The van der Waals surface area contributed by atoms with Crippen LogP contribution in [0.4, 0.5) is 0 Å². The van der Waals surface area contributed by atoms with Gasteiger partial charge in [-0.1, -0.05) is 18.7 Å². The molecular formula is C9H11NO4S. The summed E-state index contributed by atoms with van der Waals surface area (Å²) in [6, 6.07) is 0. The summed E-state index contributed by atoms with van der Waals surface area (Å²) in [4.78, 5) is 24.6. The van der Waals surface area contributed by atoms with Gasteiger partial charge in [-0.2, -0.15) is 0 Å². The van der Waals surface area contributed by atoms with Crippen molar-refractivity contribution in [1.29, 1.82) is 0 Å². The normalized spacial score (nSPS) is 29.2. The van der Waals surface area contributed by atoms with Crippen molar-refractivity contribution in [3.63, 3.8) is 0 Å². The van der Waals surface area contributed by atoms with Crippen LogP contribution in [0.2, 0.25) is 0 Å². The molecular weight excluding hydrogens is 218 g/mol. The van der Waals surface area contributed by atoms with Crippen LogP contribution in [0.1, 0.15) is 13.3 Å². The number of thioether (sulfide) groups is 1. The molecule has 1 fully saturated rings. The van der Waals surface area contributed by atoms with Gasteiger partial charge in [-0.25, -0.2) is 4.79 Å². The predicted octanol–water partition coefficient (Wildman–Crippen LogP) is 0.623. The van der Waals surface area contributed by atoms with Crippen molar-refractivity contribution in [2.45, 2.75) is 24.8 Å². The average molecular weight is 229 g/mol. The number of rotatable bonds is 3. The number of fused-ring (bicyclic) bond motifs is 1. The summed E-state index contributed by atoms with van der Waals surface area (Å²) in [6.07, 6.45) is 0.136. The molecule has 15 heavy (non-hydrogen) atoms. The molecule has 2 aliphatic rings. The van der Waals surface area contributed by atoms with Crippen LogP contribution in [0.3, 0.4) is 0 Å². The van der Waals surface area contributed by atoms with Crippen LogP contribution in [0.5, 0.6) is 0 Å². The molecule has 0 unspecified atom stereocenters. The third-order valence-corrected chi connectivity index (χ3v) is 4.01. The van der Waals surface area contributed by atoms with Gasteiger partial charge in [0, 0.05) is 12.0 Å². The molecule has 0 aromatic heterocycles. The summed E-state index contributed by atoms with van der Waals surface area (Å²) < 4.78 is 5.00. The van der Waals surface area contributed by atoms with Gasteiger partial charge in [0.05, 0.1) is 0 Å². The van der Waals surface area contributed by atoms with E-state index in [-0.39, 0.29) is 17.0 Å². The largest absolute Gasteiger partial charge is 0.477 e. The van der Waals surface area contributed by atoms with Gasteiger partial charge in [0.1, 0.15) is 11.1 Å². The van der Waals surface area contributed by atoms with Crippen molar-refractivity contribution in [2.24, 2.45) is 0 Å². The lowest BCUT2D eigenvalue weighted by Gasteiger charge is -2.40. The highest BCUT2D eigenvalue weighted by atomic mass is 32.2. The number of methoxy groups -OCH3 is 1. The summed E-state index contributed by atoms with van der Waals surface area (Å²) in [5, 5.41) is 8.83. The van der Waals surface area contributed by atoms with Crippen molar-refractivity contribution in [3.05, 3.63) is 10.6 Å². The number of allylic oxidation sites excluding steroid dienone is 1. The van der Waals surface area contributed by atoms with Gasteiger partial charge in [-0.15, -0.1) is 0 Å². The minimum Gasteiger partial charge on any atom is -0.477 e. The molecule has 0 aromatic carbocycles. The van der Waals surface area contributed by atoms with Gasteiger partial charge in [-0.3, -0.25) is 9.69 Å². The SMILES string of the molecule is CCC1=C(C(=O)O)N2C(=O)[C@H](OC)[C@@H]2S1. The zero-order valence-corrected chi connectivity index (χ0v) is 9.21. The monoisotopic (exact) mass is 229 g/mol. The second-order valence-electron chi connectivity index (χ2n) is 3.30. The van der Waals surface area contributed by atoms with E-state index >= 15 is 0 Å². The third-order valence-electron chi connectivity index (χ3n) is 2.54. The zero-order chi connectivity index (χ0) is 11.2. The maximum absolute atomic E-state index is 11.5. The Hall–Kier alpha value is -1.01. The Morgan fingerprint density at radius 2 is 2.33 bits per heavy atom. The van der Waals surface area contributed by atoms with Gasteiger partial charge < -0.3 is 9.84 Å². The summed E-state index contributed by atoms with van der Waals surface area (Å²) in [5.41, 5.74) is 0.130. The second kappa shape index (κ2) is 3.53. The van der Waals surface area contributed by atoms with Crippen molar-refractivity contribution < 1.29 is 19.4 Å². The Kier molecular flexibility index (Phi) is 2.47. The molecule has 0 saturated carbocycles. The summed E-state index contributed by atoms with van der Waals surface area (Å²) in [6.45, 7) is 1.88. The number of carboxylic acids is 1. The summed E-state index contributed by atoms with van der Waals surface area (Å²) in [7, 11) is 1.46. The van der Waals surface area contributed by atoms with Crippen LogP contribution in [-0.2, 0) is 14.3 Å². The van der Waals surface area contributed by atoms with E-state index in [2.05, 4.69) is 0 Å². The van der Waals surface area contributed by atoms with E-state index in [1.165, 1.54) is 23.8 Å². The van der Waals surface area contributed by atoms with Crippen molar-refractivity contribution >= 4 is 23.6 Å². The fraction of sp³-hybridized carbons (Fsp3) is 0.556. The summed E-state index contributed by atoms with van der Waals surface area (Å²) in [5.74, 6) is -1.29. The van der Waals surface area contributed by atoms with Crippen molar-refractivity contribution in [2.75, 3.05) is 7.11 Å². The minimum absolute atomic E-state index is 0.130. The summed E-state index contributed by atoms with van der Waals surface area (Å²) >= 11 is 1.41. The third kappa shape index (κ3) is 1.28. The maximum atomic E-state index is 11.5. The molecule has 82 valence electrons. The number of carbonyl (C=O) groups excluding carboxylic acids is 1. The number of ether oxygens (including phenoxy) is 1. The fourth-order valence-corrected chi connectivity index (χ4v) is 3.24. The van der Waals surface area contributed by atoms with Crippen LogP contribution >= 0.6 is 11.8 Å². The van der Waals surface area contributed by atoms with Crippen molar-refractivity contribution in [3.8, 4) is 0 Å². The Morgan fingerprint density at radius 3 is 2.80 bits per heavy atom. The number of carbonyl (C=O) groups is 2. The van der Waals surface area contributed by atoms with Crippen LogP contribution in [-0.4, -0.2) is 40.5 Å². The molecule has 0 bridgehead atoms. The zero-order valence-electron chi connectivity index (χ0n) is 8.39. The minimum atomic E-state index is -1.04. The topological polar surface area (TPSA) is 66.8 Å². The molecule has 0 radical (unpaired) electrons. The van der Waals surface area contributed by atoms with E-state index in [9.17, 15) is 9.59 Å². The van der Waals surface area contributed by atoms with Gasteiger partial charge in [-0.05, 0) is 6.42 Å². The van der Waals surface area contributed by atoms with Crippen LogP contribution in [0.15, 0.2) is 10.6 Å². The first-order valence-corrected chi connectivity index (χ1v) is 5.48. The van der Waals surface area contributed by atoms with Gasteiger partial charge in [0.15, 0.2) is 6.10 Å². The Morgan fingerprint density at radius 1 is 1.67 bits per heavy atom. The molecule has 1 N–H and O–H groups in total.